The molecule has 2 atom stereocenters. The summed E-state index contributed by atoms with van der Waals surface area (Å²) in [4.78, 5) is 2.54. The van der Waals surface area contributed by atoms with Gasteiger partial charge in [0.1, 0.15) is 0 Å². The standard InChI is InChI=1S/C13H28N2O/c1-11(10-15-7-5-6-8-15)9-14-12(2)13(3,4)16/h11-12,14,16H,5-10H2,1-4H3. The Morgan fingerprint density at radius 1 is 1.25 bits per heavy atom. The van der Waals surface area contributed by atoms with Gasteiger partial charge in [-0.3, -0.25) is 0 Å². The Balaban J connectivity index is 2.16. The van der Waals surface area contributed by atoms with E-state index in [0.717, 1.165) is 6.54 Å². The Morgan fingerprint density at radius 3 is 2.31 bits per heavy atom. The number of hydrogen-bond acceptors (Lipinski definition) is 3. The molecular formula is C13H28N2O. The summed E-state index contributed by atoms with van der Waals surface area (Å²) in [7, 11) is 0. The molecule has 0 saturated carbocycles. The van der Waals surface area contributed by atoms with Gasteiger partial charge in [0.05, 0.1) is 5.60 Å². The molecule has 3 heteroatoms. The highest BCUT2D eigenvalue weighted by Gasteiger charge is 2.22. The van der Waals surface area contributed by atoms with Crippen molar-refractivity contribution in [2.75, 3.05) is 26.2 Å². The lowest BCUT2D eigenvalue weighted by atomic mass is 10.00. The first kappa shape index (κ1) is 13.9. The van der Waals surface area contributed by atoms with E-state index in [9.17, 15) is 5.11 Å². The van der Waals surface area contributed by atoms with Gasteiger partial charge in [0.2, 0.25) is 0 Å². The topological polar surface area (TPSA) is 35.5 Å². The number of nitrogens with one attached hydrogen (secondary N) is 1. The minimum atomic E-state index is -0.632. The van der Waals surface area contributed by atoms with Crippen LogP contribution in [0.15, 0.2) is 0 Å². The zero-order valence-electron chi connectivity index (χ0n) is 11.3. The van der Waals surface area contributed by atoms with Crippen LogP contribution in [0.3, 0.4) is 0 Å². The van der Waals surface area contributed by atoms with Gasteiger partial charge in [0.25, 0.3) is 0 Å². The molecule has 1 fully saturated rings. The summed E-state index contributed by atoms with van der Waals surface area (Å²) in [5.74, 6) is 0.655. The quantitative estimate of drug-likeness (QED) is 0.722. The van der Waals surface area contributed by atoms with Crippen molar-refractivity contribution >= 4 is 0 Å². The first-order valence-corrected chi connectivity index (χ1v) is 6.57. The molecule has 1 saturated heterocycles. The Kier molecular flexibility index (Phi) is 5.22. The van der Waals surface area contributed by atoms with E-state index in [1.54, 1.807) is 0 Å². The molecule has 1 aliphatic heterocycles. The van der Waals surface area contributed by atoms with Crippen molar-refractivity contribution in [2.45, 2.75) is 52.2 Å². The van der Waals surface area contributed by atoms with Crippen molar-refractivity contribution in [3.05, 3.63) is 0 Å². The molecule has 1 aliphatic rings. The molecule has 0 aromatic carbocycles. The van der Waals surface area contributed by atoms with Crippen LogP contribution in [0.2, 0.25) is 0 Å². The molecule has 0 aromatic rings. The third-order valence-electron chi connectivity index (χ3n) is 3.60. The second-order valence-electron chi connectivity index (χ2n) is 5.90. The predicted octanol–water partition coefficient (Wildman–Crippen LogP) is 1.47. The number of hydrogen-bond donors (Lipinski definition) is 2. The third kappa shape index (κ3) is 4.81. The maximum atomic E-state index is 9.81. The highest BCUT2D eigenvalue weighted by molar-refractivity contribution is 4.80. The largest absolute Gasteiger partial charge is 0.389 e. The SMILES string of the molecule is CC(CNC(C)C(C)(C)O)CN1CCCC1. The predicted molar refractivity (Wildman–Crippen MR) is 68.6 cm³/mol. The van der Waals surface area contributed by atoms with Gasteiger partial charge in [-0.25, -0.2) is 0 Å². The number of aliphatic hydroxyl groups is 1. The lowest BCUT2D eigenvalue weighted by Gasteiger charge is -2.29. The lowest BCUT2D eigenvalue weighted by Crippen LogP contribution is -2.46. The van der Waals surface area contributed by atoms with E-state index in [2.05, 4.69) is 17.1 Å². The molecule has 0 bridgehead atoms. The molecular weight excluding hydrogens is 200 g/mol. The van der Waals surface area contributed by atoms with Crippen LogP contribution in [0.1, 0.15) is 40.5 Å². The molecule has 2 N–H and O–H groups in total. The van der Waals surface area contributed by atoms with Gasteiger partial charge in [-0.1, -0.05) is 6.92 Å². The molecule has 0 spiro atoms. The van der Waals surface area contributed by atoms with E-state index in [0.29, 0.717) is 5.92 Å². The monoisotopic (exact) mass is 228 g/mol. The van der Waals surface area contributed by atoms with Gasteiger partial charge >= 0.3 is 0 Å². The van der Waals surface area contributed by atoms with Gasteiger partial charge in [-0.15, -0.1) is 0 Å². The summed E-state index contributed by atoms with van der Waals surface area (Å²) in [6.07, 6.45) is 2.72. The van der Waals surface area contributed by atoms with Crippen molar-refractivity contribution in [2.24, 2.45) is 5.92 Å². The molecule has 1 heterocycles. The average molecular weight is 228 g/mol. The van der Waals surface area contributed by atoms with Crippen LogP contribution in [0.5, 0.6) is 0 Å². The summed E-state index contributed by atoms with van der Waals surface area (Å²) in [5.41, 5.74) is -0.632. The Bertz CT molecular complexity index is 195. The molecule has 96 valence electrons. The maximum Gasteiger partial charge on any atom is 0.0741 e. The van der Waals surface area contributed by atoms with Gasteiger partial charge in [-0.2, -0.15) is 0 Å². The van der Waals surface area contributed by atoms with E-state index in [1.165, 1.54) is 32.5 Å². The number of rotatable bonds is 6. The van der Waals surface area contributed by atoms with Gasteiger partial charge in [0.15, 0.2) is 0 Å². The van der Waals surface area contributed by atoms with Crippen LogP contribution >= 0.6 is 0 Å². The second-order valence-corrected chi connectivity index (χ2v) is 5.90. The molecule has 1 rings (SSSR count). The molecule has 0 radical (unpaired) electrons. The fourth-order valence-corrected chi connectivity index (χ4v) is 2.10. The van der Waals surface area contributed by atoms with Crippen LogP contribution < -0.4 is 5.32 Å². The molecule has 0 amide bonds. The van der Waals surface area contributed by atoms with E-state index in [4.69, 9.17) is 0 Å². The van der Waals surface area contributed by atoms with E-state index in [-0.39, 0.29) is 6.04 Å². The first-order chi connectivity index (χ1) is 7.39. The second kappa shape index (κ2) is 5.99. The Labute approximate surface area is 100 Å². The molecule has 0 aromatic heterocycles. The van der Waals surface area contributed by atoms with E-state index in [1.807, 2.05) is 20.8 Å². The minimum absolute atomic E-state index is 0.147. The maximum absolute atomic E-state index is 9.81. The van der Waals surface area contributed by atoms with Gasteiger partial charge in [0, 0.05) is 12.6 Å². The zero-order chi connectivity index (χ0) is 12.2. The third-order valence-corrected chi connectivity index (χ3v) is 3.60. The van der Waals surface area contributed by atoms with Crippen LogP contribution in [0.25, 0.3) is 0 Å². The summed E-state index contributed by atoms with van der Waals surface area (Å²) in [6, 6.07) is 0.147. The smallest absolute Gasteiger partial charge is 0.0741 e. The Hall–Kier alpha value is -0.120. The zero-order valence-corrected chi connectivity index (χ0v) is 11.3. The van der Waals surface area contributed by atoms with Crippen molar-refractivity contribution < 1.29 is 5.11 Å². The van der Waals surface area contributed by atoms with Crippen molar-refractivity contribution in [1.29, 1.82) is 0 Å². The molecule has 3 nitrogen and oxygen atoms in total. The fourth-order valence-electron chi connectivity index (χ4n) is 2.10. The van der Waals surface area contributed by atoms with Crippen LogP contribution in [-0.4, -0.2) is 47.8 Å². The molecule has 2 unspecified atom stereocenters. The van der Waals surface area contributed by atoms with Crippen molar-refractivity contribution in [3.8, 4) is 0 Å². The van der Waals surface area contributed by atoms with Gasteiger partial charge < -0.3 is 15.3 Å². The van der Waals surface area contributed by atoms with Gasteiger partial charge in [-0.05, 0) is 59.2 Å². The number of likely N-dealkylation sites (tertiary alicyclic amines) is 1. The minimum Gasteiger partial charge on any atom is -0.389 e. The van der Waals surface area contributed by atoms with Crippen molar-refractivity contribution in [1.82, 2.24) is 10.2 Å². The molecule has 16 heavy (non-hydrogen) atoms. The van der Waals surface area contributed by atoms with Crippen LogP contribution in [0, 0.1) is 5.92 Å². The number of nitrogens with zero attached hydrogens (tertiary/aromatic N) is 1. The lowest BCUT2D eigenvalue weighted by molar-refractivity contribution is 0.0426. The molecule has 0 aliphatic carbocycles. The summed E-state index contributed by atoms with van der Waals surface area (Å²) >= 11 is 0. The van der Waals surface area contributed by atoms with E-state index >= 15 is 0 Å². The summed E-state index contributed by atoms with van der Waals surface area (Å²) in [6.45, 7) is 12.8. The average Bonchev–Trinajstić information content (AvgIpc) is 2.65. The van der Waals surface area contributed by atoms with Crippen molar-refractivity contribution in [3.63, 3.8) is 0 Å². The fraction of sp³-hybridized carbons (Fsp3) is 1.00. The van der Waals surface area contributed by atoms with E-state index < -0.39 is 5.60 Å². The normalized spacial score (nSPS) is 22.3. The highest BCUT2D eigenvalue weighted by atomic mass is 16.3. The summed E-state index contributed by atoms with van der Waals surface area (Å²) < 4.78 is 0. The Morgan fingerprint density at radius 2 is 1.81 bits per heavy atom. The van der Waals surface area contributed by atoms with Crippen LogP contribution in [0.4, 0.5) is 0 Å². The van der Waals surface area contributed by atoms with Crippen LogP contribution in [-0.2, 0) is 0 Å². The summed E-state index contributed by atoms with van der Waals surface area (Å²) in [5, 5.41) is 13.2. The first-order valence-electron chi connectivity index (χ1n) is 6.57. The highest BCUT2D eigenvalue weighted by Crippen LogP contribution is 2.11.